The van der Waals surface area contributed by atoms with Crippen LogP contribution in [0.15, 0.2) is 36.4 Å². The van der Waals surface area contributed by atoms with Gasteiger partial charge in [0.15, 0.2) is 0 Å². The SMILES string of the molecule is C[C@H](C#Cc1ccc(COc2ccc(F)cc2)s1)N(O)C(N)=O. The molecule has 1 aromatic carbocycles. The average Bonchev–Trinajstić information content (AvgIpc) is 2.99. The number of ether oxygens (including phenoxy) is 1. The van der Waals surface area contributed by atoms with E-state index >= 15 is 0 Å². The number of hydrogen-bond acceptors (Lipinski definition) is 4. The van der Waals surface area contributed by atoms with E-state index in [1.807, 2.05) is 12.1 Å². The lowest BCUT2D eigenvalue weighted by Gasteiger charge is -2.14. The highest BCUT2D eigenvalue weighted by atomic mass is 32.1. The Morgan fingerprint density at radius 3 is 2.74 bits per heavy atom. The van der Waals surface area contributed by atoms with E-state index in [0.717, 1.165) is 9.75 Å². The number of halogens is 1. The van der Waals surface area contributed by atoms with Crippen molar-refractivity contribution >= 4 is 17.4 Å². The van der Waals surface area contributed by atoms with Crippen LogP contribution < -0.4 is 10.5 Å². The lowest BCUT2D eigenvalue weighted by molar-refractivity contribution is -0.0536. The molecule has 1 heterocycles. The van der Waals surface area contributed by atoms with Crippen LogP contribution in [-0.2, 0) is 6.61 Å². The van der Waals surface area contributed by atoms with Gasteiger partial charge in [-0.1, -0.05) is 11.8 Å². The van der Waals surface area contributed by atoms with Crippen molar-refractivity contribution in [3.05, 3.63) is 52.0 Å². The van der Waals surface area contributed by atoms with E-state index in [-0.39, 0.29) is 5.82 Å². The molecule has 1 aromatic heterocycles. The Bertz CT molecular complexity index is 734. The number of thiophene rings is 1. The van der Waals surface area contributed by atoms with Crippen molar-refractivity contribution in [3.63, 3.8) is 0 Å². The van der Waals surface area contributed by atoms with Crippen molar-refractivity contribution in [2.45, 2.75) is 19.6 Å². The van der Waals surface area contributed by atoms with Crippen molar-refractivity contribution in [1.29, 1.82) is 0 Å². The summed E-state index contributed by atoms with van der Waals surface area (Å²) in [5.41, 5.74) is 4.95. The number of carbonyl (C=O) groups excluding carboxylic acids is 1. The standard InChI is InChI=1S/C16H15FN2O3S/c1-11(19(21)16(18)20)2-7-14-8-9-15(23-14)10-22-13-5-3-12(17)4-6-13/h3-6,8-9,11,21H,10H2,1H3,(H2,18,20)/t11-/m1/s1. The predicted octanol–water partition coefficient (Wildman–Crippen LogP) is 2.98. The maximum absolute atomic E-state index is 12.8. The third kappa shape index (κ3) is 4.98. The second kappa shape index (κ2) is 7.63. The van der Waals surface area contributed by atoms with Crippen LogP contribution in [0.3, 0.4) is 0 Å². The first-order valence-corrected chi connectivity index (χ1v) is 7.53. The van der Waals surface area contributed by atoms with Crippen LogP contribution in [-0.4, -0.2) is 22.3 Å². The van der Waals surface area contributed by atoms with Crippen LogP contribution in [0.2, 0.25) is 0 Å². The van der Waals surface area contributed by atoms with Crippen LogP contribution >= 0.6 is 11.3 Å². The molecule has 0 unspecified atom stereocenters. The van der Waals surface area contributed by atoms with Gasteiger partial charge >= 0.3 is 6.03 Å². The van der Waals surface area contributed by atoms with Gasteiger partial charge in [0, 0.05) is 4.88 Å². The lowest BCUT2D eigenvalue weighted by atomic mass is 10.3. The number of carbonyl (C=O) groups is 1. The minimum absolute atomic E-state index is 0.311. The Morgan fingerprint density at radius 2 is 2.09 bits per heavy atom. The van der Waals surface area contributed by atoms with Gasteiger partial charge in [-0.25, -0.2) is 9.18 Å². The van der Waals surface area contributed by atoms with Crippen molar-refractivity contribution < 1.29 is 19.1 Å². The van der Waals surface area contributed by atoms with Crippen molar-refractivity contribution in [3.8, 4) is 17.6 Å². The van der Waals surface area contributed by atoms with Gasteiger partial charge in [0.05, 0.1) is 4.88 Å². The zero-order valence-corrected chi connectivity index (χ0v) is 13.1. The fourth-order valence-electron chi connectivity index (χ4n) is 1.64. The molecule has 0 fully saturated rings. The van der Waals surface area contributed by atoms with Crippen LogP contribution in [0.4, 0.5) is 9.18 Å². The molecule has 0 aliphatic heterocycles. The van der Waals surface area contributed by atoms with E-state index in [4.69, 9.17) is 10.5 Å². The summed E-state index contributed by atoms with van der Waals surface area (Å²) in [6.45, 7) is 1.91. The van der Waals surface area contributed by atoms with Crippen molar-refractivity contribution in [2.24, 2.45) is 5.73 Å². The molecule has 120 valence electrons. The second-order valence-corrected chi connectivity index (χ2v) is 5.81. The summed E-state index contributed by atoms with van der Waals surface area (Å²) in [4.78, 5) is 12.5. The number of urea groups is 1. The molecule has 0 saturated heterocycles. The molecule has 2 rings (SSSR count). The quantitative estimate of drug-likeness (QED) is 0.513. The normalized spacial score (nSPS) is 11.3. The molecule has 2 aromatic rings. The highest BCUT2D eigenvalue weighted by Crippen LogP contribution is 2.19. The van der Waals surface area contributed by atoms with Gasteiger partial charge < -0.3 is 10.5 Å². The lowest BCUT2D eigenvalue weighted by Crippen LogP contribution is -2.38. The third-order valence-corrected chi connectivity index (χ3v) is 3.83. The van der Waals surface area contributed by atoms with Crippen molar-refractivity contribution in [1.82, 2.24) is 5.06 Å². The Kier molecular flexibility index (Phi) is 5.57. The number of nitrogens with zero attached hydrogens (tertiary/aromatic N) is 1. The Hall–Kier alpha value is -2.56. The van der Waals surface area contributed by atoms with Gasteiger partial charge in [-0.15, -0.1) is 11.3 Å². The zero-order chi connectivity index (χ0) is 16.8. The van der Waals surface area contributed by atoms with E-state index in [1.165, 1.54) is 23.5 Å². The largest absolute Gasteiger partial charge is 0.488 e. The first-order chi connectivity index (χ1) is 11.0. The zero-order valence-electron chi connectivity index (χ0n) is 12.3. The molecule has 1 atom stereocenters. The fourth-order valence-corrected chi connectivity index (χ4v) is 2.42. The summed E-state index contributed by atoms with van der Waals surface area (Å²) in [6, 6.07) is 7.83. The van der Waals surface area contributed by atoms with Gasteiger partial charge in [-0.3, -0.25) is 5.21 Å². The summed E-state index contributed by atoms with van der Waals surface area (Å²) in [6.07, 6.45) is 0. The predicted molar refractivity (Wildman–Crippen MR) is 84.6 cm³/mol. The molecule has 7 heteroatoms. The Morgan fingerprint density at radius 1 is 1.39 bits per heavy atom. The monoisotopic (exact) mass is 334 g/mol. The number of nitrogens with two attached hydrogens (primary N) is 1. The number of amides is 2. The van der Waals surface area contributed by atoms with Crippen LogP contribution in [0.1, 0.15) is 16.7 Å². The van der Waals surface area contributed by atoms with Gasteiger partial charge in [0.1, 0.15) is 24.2 Å². The smallest absolute Gasteiger partial charge is 0.339 e. The molecule has 2 amide bonds. The molecular formula is C16H15FN2O3S. The summed E-state index contributed by atoms with van der Waals surface area (Å²) < 4.78 is 18.3. The van der Waals surface area contributed by atoms with Gasteiger partial charge in [0.2, 0.25) is 0 Å². The van der Waals surface area contributed by atoms with Crippen molar-refractivity contribution in [2.75, 3.05) is 0 Å². The summed E-state index contributed by atoms with van der Waals surface area (Å²) >= 11 is 1.43. The minimum Gasteiger partial charge on any atom is -0.488 e. The highest BCUT2D eigenvalue weighted by Gasteiger charge is 2.11. The van der Waals surface area contributed by atoms with E-state index < -0.39 is 12.1 Å². The van der Waals surface area contributed by atoms with Gasteiger partial charge in [-0.05, 0) is 43.3 Å². The molecular weight excluding hydrogens is 319 g/mol. The van der Waals surface area contributed by atoms with E-state index in [1.54, 1.807) is 19.1 Å². The van der Waals surface area contributed by atoms with E-state index in [9.17, 15) is 14.4 Å². The van der Waals surface area contributed by atoms with E-state index in [0.29, 0.717) is 17.4 Å². The topological polar surface area (TPSA) is 75.8 Å². The molecule has 23 heavy (non-hydrogen) atoms. The molecule has 3 N–H and O–H groups in total. The maximum atomic E-state index is 12.8. The highest BCUT2D eigenvalue weighted by molar-refractivity contribution is 7.12. The maximum Gasteiger partial charge on any atom is 0.339 e. The average molecular weight is 334 g/mol. The third-order valence-electron chi connectivity index (χ3n) is 2.85. The van der Waals surface area contributed by atoms with Crippen LogP contribution in [0, 0.1) is 17.7 Å². The Balaban J connectivity index is 1.93. The molecule has 0 aliphatic rings. The second-order valence-electron chi connectivity index (χ2n) is 4.64. The first-order valence-electron chi connectivity index (χ1n) is 6.72. The first kappa shape index (κ1) is 16.8. The van der Waals surface area contributed by atoms with E-state index in [2.05, 4.69) is 11.8 Å². The number of rotatable bonds is 4. The summed E-state index contributed by atoms with van der Waals surface area (Å²) in [7, 11) is 0. The van der Waals surface area contributed by atoms with Crippen LogP contribution in [0.5, 0.6) is 5.75 Å². The Labute approximate surface area is 137 Å². The number of primary amides is 1. The molecule has 0 saturated carbocycles. The minimum atomic E-state index is -0.952. The van der Waals surface area contributed by atoms with Crippen LogP contribution in [0.25, 0.3) is 0 Å². The number of hydrogen-bond donors (Lipinski definition) is 2. The molecule has 0 spiro atoms. The van der Waals surface area contributed by atoms with Gasteiger partial charge in [0.25, 0.3) is 0 Å². The summed E-state index contributed by atoms with van der Waals surface area (Å²) in [5, 5.41) is 9.70. The molecule has 0 bridgehead atoms. The fraction of sp³-hybridized carbons (Fsp3) is 0.188. The molecule has 5 nitrogen and oxygen atoms in total. The van der Waals surface area contributed by atoms with Gasteiger partial charge in [-0.2, -0.15) is 5.06 Å². The number of hydroxylamine groups is 2. The molecule has 0 aliphatic carbocycles. The summed E-state index contributed by atoms with van der Waals surface area (Å²) in [5.74, 6) is 5.86. The number of benzene rings is 1. The molecule has 0 radical (unpaired) electrons.